The number of rotatable bonds is 7. The van der Waals surface area contributed by atoms with Crippen molar-refractivity contribution in [2.24, 2.45) is 13.0 Å². The van der Waals surface area contributed by atoms with Crippen LogP contribution in [0.25, 0.3) is 0 Å². The van der Waals surface area contributed by atoms with Gasteiger partial charge in [0.2, 0.25) is 5.91 Å². The third-order valence-electron chi connectivity index (χ3n) is 2.99. The summed E-state index contributed by atoms with van der Waals surface area (Å²) in [6, 6.07) is -0.613. The molecule has 1 aromatic rings. The summed E-state index contributed by atoms with van der Waals surface area (Å²) in [7, 11) is 3.12. The molecule has 1 heterocycles. The Kier molecular flexibility index (Phi) is 6.50. The maximum absolute atomic E-state index is 11.9. The molecule has 20 heavy (non-hydrogen) atoms. The lowest BCUT2D eigenvalue weighted by atomic mass is 9.99. The minimum atomic E-state index is -0.613. The summed E-state index contributed by atoms with van der Waals surface area (Å²) < 4.78 is 6.45. The molecule has 0 radical (unpaired) electrons. The number of nitrogens with zero attached hydrogens (tertiary/aromatic N) is 3. The molecular weight excluding hydrogens is 280 g/mol. The van der Waals surface area contributed by atoms with Gasteiger partial charge in [-0.2, -0.15) is 0 Å². The first kappa shape index (κ1) is 16.5. The van der Waals surface area contributed by atoms with Crippen molar-refractivity contribution in [3.8, 4) is 0 Å². The predicted octanol–water partition coefficient (Wildman–Crippen LogP) is 0.611. The Morgan fingerprint density at radius 3 is 2.75 bits per heavy atom. The summed E-state index contributed by atoms with van der Waals surface area (Å²) in [5.74, 6) is -0.451. The van der Waals surface area contributed by atoms with Gasteiger partial charge < -0.3 is 14.6 Å². The van der Waals surface area contributed by atoms with Gasteiger partial charge >= 0.3 is 5.97 Å². The fraction of sp³-hybridized carbons (Fsp3) is 0.667. The summed E-state index contributed by atoms with van der Waals surface area (Å²) in [4.78, 5) is 23.6. The topological polar surface area (TPSA) is 86.1 Å². The molecule has 0 saturated heterocycles. The van der Waals surface area contributed by atoms with Crippen LogP contribution in [0.1, 0.15) is 20.3 Å². The Morgan fingerprint density at radius 1 is 1.55 bits per heavy atom. The van der Waals surface area contributed by atoms with Crippen molar-refractivity contribution >= 4 is 23.6 Å². The molecular formula is C12H20N4O3S. The highest BCUT2D eigenvalue weighted by molar-refractivity contribution is 7.99. The zero-order valence-electron chi connectivity index (χ0n) is 12.1. The van der Waals surface area contributed by atoms with Gasteiger partial charge in [-0.1, -0.05) is 32.0 Å². The quantitative estimate of drug-likeness (QED) is 0.586. The van der Waals surface area contributed by atoms with Crippen molar-refractivity contribution in [2.45, 2.75) is 31.5 Å². The molecule has 0 aliphatic carbocycles. The van der Waals surface area contributed by atoms with Crippen molar-refractivity contribution in [3.63, 3.8) is 0 Å². The van der Waals surface area contributed by atoms with Gasteiger partial charge in [-0.05, 0) is 5.92 Å². The Labute approximate surface area is 122 Å². The van der Waals surface area contributed by atoms with E-state index in [1.165, 1.54) is 18.9 Å². The first-order chi connectivity index (χ1) is 9.49. The highest BCUT2D eigenvalue weighted by Gasteiger charge is 2.26. The maximum Gasteiger partial charge on any atom is 0.328 e. The molecule has 1 N–H and O–H groups in total. The summed E-state index contributed by atoms with van der Waals surface area (Å²) in [5, 5.41) is 11.0. The van der Waals surface area contributed by atoms with Crippen LogP contribution in [0.4, 0.5) is 0 Å². The van der Waals surface area contributed by atoms with Crippen LogP contribution < -0.4 is 5.32 Å². The number of aryl methyl sites for hydroxylation is 1. The molecule has 0 bridgehead atoms. The predicted molar refractivity (Wildman–Crippen MR) is 75.1 cm³/mol. The van der Waals surface area contributed by atoms with Crippen LogP contribution in [0.2, 0.25) is 0 Å². The van der Waals surface area contributed by atoms with E-state index in [-0.39, 0.29) is 17.6 Å². The summed E-state index contributed by atoms with van der Waals surface area (Å²) in [6.07, 6.45) is 2.34. The van der Waals surface area contributed by atoms with E-state index < -0.39 is 12.0 Å². The third-order valence-corrected chi connectivity index (χ3v) is 4.02. The van der Waals surface area contributed by atoms with Gasteiger partial charge in [0.1, 0.15) is 12.4 Å². The second kappa shape index (κ2) is 7.88. The molecule has 0 aliphatic heterocycles. The minimum Gasteiger partial charge on any atom is -0.467 e. The molecule has 0 aliphatic rings. The SMILES string of the molecule is CCC(C)C(NC(=O)CSc1nncn1C)C(=O)OC. The molecule has 8 heteroatoms. The first-order valence-electron chi connectivity index (χ1n) is 6.33. The van der Waals surface area contributed by atoms with Gasteiger partial charge in [-0.15, -0.1) is 10.2 Å². The number of hydrogen-bond acceptors (Lipinski definition) is 6. The number of aromatic nitrogens is 3. The van der Waals surface area contributed by atoms with Crippen LogP contribution in [0.15, 0.2) is 11.5 Å². The third kappa shape index (κ3) is 4.52. The van der Waals surface area contributed by atoms with Crippen molar-refractivity contribution in [2.75, 3.05) is 12.9 Å². The minimum absolute atomic E-state index is 0.0197. The van der Waals surface area contributed by atoms with E-state index >= 15 is 0 Å². The molecule has 2 atom stereocenters. The van der Waals surface area contributed by atoms with E-state index in [2.05, 4.69) is 15.5 Å². The highest BCUT2D eigenvalue weighted by atomic mass is 32.2. The van der Waals surface area contributed by atoms with Crippen LogP contribution >= 0.6 is 11.8 Å². The number of esters is 1. The first-order valence-corrected chi connectivity index (χ1v) is 7.32. The monoisotopic (exact) mass is 300 g/mol. The molecule has 1 rings (SSSR count). The van der Waals surface area contributed by atoms with Crippen LogP contribution in [0.5, 0.6) is 0 Å². The van der Waals surface area contributed by atoms with Crippen LogP contribution in [0, 0.1) is 5.92 Å². The number of nitrogens with one attached hydrogen (secondary N) is 1. The van der Waals surface area contributed by atoms with Crippen LogP contribution in [-0.4, -0.2) is 45.5 Å². The van der Waals surface area contributed by atoms with Gasteiger partial charge in [0.05, 0.1) is 12.9 Å². The van der Waals surface area contributed by atoms with Crippen LogP contribution in [0.3, 0.4) is 0 Å². The van der Waals surface area contributed by atoms with Crippen molar-refractivity contribution in [1.82, 2.24) is 20.1 Å². The van der Waals surface area contributed by atoms with E-state index in [1.54, 1.807) is 17.9 Å². The van der Waals surface area contributed by atoms with Gasteiger partial charge in [-0.25, -0.2) is 4.79 Å². The highest BCUT2D eigenvalue weighted by Crippen LogP contribution is 2.14. The number of carbonyl (C=O) groups is 2. The van der Waals surface area contributed by atoms with E-state index in [0.29, 0.717) is 5.16 Å². The Hall–Kier alpha value is -1.57. The average Bonchev–Trinajstić information content (AvgIpc) is 2.86. The average molecular weight is 300 g/mol. The smallest absolute Gasteiger partial charge is 0.328 e. The Balaban J connectivity index is 2.54. The fourth-order valence-electron chi connectivity index (χ4n) is 1.54. The standard InChI is InChI=1S/C12H20N4O3S/c1-5-8(2)10(11(18)19-4)14-9(17)6-20-12-15-13-7-16(12)3/h7-8,10H,5-6H2,1-4H3,(H,14,17). The van der Waals surface area contributed by atoms with E-state index in [9.17, 15) is 9.59 Å². The Bertz CT molecular complexity index is 463. The second-order valence-corrected chi connectivity index (χ2v) is 5.41. The van der Waals surface area contributed by atoms with Gasteiger partial charge in [0, 0.05) is 7.05 Å². The van der Waals surface area contributed by atoms with E-state index in [0.717, 1.165) is 6.42 Å². The molecule has 0 spiro atoms. The maximum atomic E-state index is 11.9. The lowest BCUT2D eigenvalue weighted by Crippen LogP contribution is -2.46. The zero-order chi connectivity index (χ0) is 15.1. The molecule has 1 aromatic heterocycles. The lowest BCUT2D eigenvalue weighted by molar-refractivity contribution is -0.146. The van der Waals surface area contributed by atoms with E-state index in [4.69, 9.17) is 4.74 Å². The van der Waals surface area contributed by atoms with Crippen LogP contribution in [-0.2, 0) is 21.4 Å². The molecule has 0 saturated carbocycles. The van der Waals surface area contributed by atoms with Gasteiger partial charge in [0.25, 0.3) is 0 Å². The van der Waals surface area contributed by atoms with Gasteiger partial charge in [-0.3, -0.25) is 4.79 Å². The molecule has 112 valence electrons. The van der Waals surface area contributed by atoms with Gasteiger partial charge in [0.15, 0.2) is 5.16 Å². The normalized spacial score (nSPS) is 13.6. The van der Waals surface area contributed by atoms with Crippen molar-refractivity contribution in [1.29, 1.82) is 0 Å². The molecule has 0 aromatic carbocycles. The summed E-state index contributed by atoms with van der Waals surface area (Å²) in [6.45, 7) is 3.86. The second-order valence-electron chi connectivity index (χ2n) is 4.47. The number of methoxy groups -OCH3 is 1. The molecule has 0 fully saturated rings. The summed E-state index contributed by atoms with van der Waals surface area (Å²) >= 11 is 1.27. The number of amides is 1. The number of hydrogen-bond donors (Lipinski definition) is 1. The number of carbonyl (C=O) groups excluding carboxylic acids is 2. The van der Waals surface area contributed by atoms with Crippen molar-refractivity contribution < 1.29 is 14.3 Å². The summed E-state index contributed by atoms with van der Waals surface area (Å²) in [5.41, 5.74) is 0. The number of thioether (sulfide) groups is 1. The molecule has 2 unspecified atom stereocenters. The molecule has 7 nitrogen and oxygen atoms in total. The van der Waals surface area contributed by atoms with E-state index in [1.807, 2.05) is 13.8 Å². The fourth-order valence-corrected chi connectivity index (χ4v) is 2.24. The molecule has 1 amide bonds. The largest absolute Gasteiger partial charge is 0.467 e. The Morgan fingerprint density at radius 2 is 2.25 bits per heavy atom. The zero-order valence-corrected chi connectivity index (χ0v) is 12.9. The van der Waals surface area contributed by atoms with Crippen molar-refractivity contribution in [3.05, 3.63) is 6.33 Å². The number of ether oxygens (including phenoxy) is 1. The lowest BCUT2D eigenvalue weighted by Gasteiger charge is -2.21.